The molecule has 0 aromatic heterocycles. The summed E-state index contributed by atoms with van der Waals surface area (Å²) in [5.41, 5.74) is 0. The van der Waals surface area contributed by atoms with Crippen LogP contribution in [0.4, 0.5) is 0 Å². The molecule has 0 aliphatic rings. The quantitative estimate of drug-likeness (QED) is 0.0770. The minimum Gasteiger partial charge on any atom is -0.299 e. The highest BCUT2D eigenvalue weighted by molar-refractivity contribution is 6.16. The van der Waals surface area contributed by atoms with E-state index in [9.17, 15) is 9.59 Å². The Labute approximate surface area is 221 Å². The molecule has 0 spiro atoms. The largest absolute Gasteiger partial charge is 0.299 e. The molecule has 0 N–H and O–H groups in total. The number of unbranched alkanes of at least 4 members (excludes halogenated alkanes) is 21. The fourth-order valence-corrected chi connectivity index (χ4v) is 4.99. The fourth-order valence-electron chi connectivity index (χ4n) is 4.99. The van der Waals surface area contributed by atoms with Gasteiger partial charge in [0.05, 0.1) is 0 Å². The summed E-state index contributed by atoms with van der Waals surface area (Å²) >= 11 is 0. The summed E-state index contributed by atoms with van der Waals surface area (Å²) in [6, 6.07) is 0. The molecule has 0 aliphatic carbocycles. The van der Waals surface area contributed by atoms with Crippen molar-refractivity contribution in [1.82, 2.24) is 0 Å². The first kappa shape index (κ1) is 34.3. The van der Waals surface area contributed by atoms with Gasteiger partial charge in [-0.3, -0.25) is 9.59 Å². The van der Waals surface area contributed by atoms with Gasteiger partial charge in [-0.2, -0.15) is 0 Å². The van der Waals surface area contributed by atoms with Crippen molar-refractivity contribution in [1.29, 1.82) is 0 Å². The van der Waals surface area contributed by atoms with Crippen LogP contribution in [-0.2, 0) is 9.59 Å². The summed E-state index contributed by atoms with van der Waals surface area (Å²) in [6.45, 7) is 6.67. The lowest BCUT2D eigenvalue weighted by molar-refractivity contribution is -0.124. The van der Waals surface area contributed by atoms with Gasteiger partial charge in [-0.05, 0) is 19.3 Å². The average Bonchev–Trinajstić information content (AvgIpc) is 2.86. The fraction of sp³-hybridized carbons (Fsp3) is 0.909. The Morgan fingerprint density at radius 2 is 0.571 bits per heavy atom. The minimum atomic E-state index is 0.154. The molecule has 0 rings (SSSR count). The zero-order valence-corrected chi connectivity index (χ0v) is 24.4. The van der Waals surface area contributed by atoms with Crippen LogP contribution in [0, 0.1) is 5.92 Å². The van der Waals surface area contributed by atoms with Crippen LogP contribution in [-0.4, -0.2) is 11.6 Å². The van der Waals surface area contributed by atoms with Crippen molar-refractivity contribution in [2.45, 2.75) is 194 Å². The van der Waals surface area contributed by atoms with E-state index in [4.69, 9.17) is 0 Å². The second-order valence-corrected chi connectivity index (χ2v) is 11.0. The van der Waals surface area contributed by atoms with Crippen LogP contribution < -0.4 is 0 Å². The van der Waals surface area contributed by atoms with Crippen LogP contribution in [0.25, 0.3) is 0 Å². The van der Waals surface area contributed by atoms with Gasteiger partial charge >= 0.3 is 0 Å². The van der Waals surface area contributed by atoms with Crippen LogP contribution in [0.3, 0.4) is 0 Å². The molecule has 0 atom stereocenters. The molecule has 207 valence electrons. The lowest BCUT2D eigenvalue weighted by Crippen LogP contribution is -2.22. The van der Waals surface area contributed by atoms with Gasteiger partial charge < -0.3 is 0 Å². The van der Waals surface area contributed by atoms with E-state index in [2.05, 4.69) is 20.8 Å². The van der Waals surface area contributed by atoms with Crippen LogP contribution in [0.1, 0.15) is 194 Å². The number of hydrogen-bond acceptors (Lipinski definition) is 2. The van der Waals surface area contributed by atoms with E-state index in [0.29, 0.717) is 25.2 Å². The van der Waals surface area contributed by atoms with Crippen LogP contribution >= 0.6 is 0 Å². The summed E-state index contributed by atoms with van der Waals surface area (Å²) in [4.78, 5) is 25.6. The van der Waals surface area contributed by atoms with Gasteiger partial charge in [0, 0.05) is 12.8 Å². The molecule has 1 radical (unpaired) electrons. The Kier molecular flexibility index (Phi) is 27.4. The van der Waals surface area contributed by atoms with Crippen molar-refractivity contribution in [3.8, 4) is 0 Å². The van der Waals surface area contributed by atoms with E-state index in [0.717, 1.165) is 38.5 Å². The Morgan fingerprint density at radius 1 is 0.314 bits per heavy atom. The molecule has 0 fully saturated rings. The highest BCUT2D eigenvalue weighted by Gasteiger charge is 2.25. The summed E-state index contributed by atoms with van der Waals surface area (Å²) in [5.74, 6) is 0.953. The third kappa shape index (κ3) is 23.5. The molecule has 2 nitrogen and oxygen atoms in total. The second kappa shape index (κ2) is 27.9. The maximum atomic E-state index is 12.8. The molecule has 0 aromatic carbocycles. The Hall–Kier alpha value is -0.660. The minimum absolute atomic E-state index is 0.154. The van der Waals surface area contributed by atoms with Crippen LogP contribution in [0.5, 0.6) is 0 Å². The normalized spacial score (nSPS) is 11.4. The monoisotopic (exact) mass is 491 g/mol. The zero-order valence-electron chi connectivity index (χ0n) is 24.4. The Morgan fingerprint density at radius 3 is 0.857 bits per heavy atom. The van der Waals surface area contributed by atoms with Gasteiger partial charge in [0.25, 0.3) is 0 Å². The SMILES string of the molecule is CCCCCCCCCCCCCCCC(=O)[C](CCCC)C(=O)CCCCCCCCCCC. The molecule has 0 saturated heterocycles. The molecule has 2 heteroatoms. The van der Waals surface area contributed by atoms with Crippen LogP contribution in [0.2, 0.25) is 0 Å². The maximum absolute atomic E-state index is 12.8. The number of carbonyl (C=O) groups is 2. The molecular formula is C33H63O2. The predicted octanol–water partition coefficient (Wildman–Crippen LogP) is 11.3. The molecule has 0 amide bonds. The Balaban J connectivity index is 3.83. The third-order valence-electron chi connectivity index (χ3n) is 7.47. The van der Waals surface area contributed by atoms with E-state index in [1.54, 1.807) is 0 Å². The molecule has 0 bridgehead atoms. The lowest BCUT2D eigenvalue weighted by atomic mass is 9.87. The summed E-state index contributed by atoms with van der Waals surface area (Å²) < 4.78 is 0. The third-order valence-corrected chi connectivity index (χ3v) is 7.47. The summed E-state index contributed by atoms with van der Waals surface area (Å²) in [6.07, 6.45) is 32.3. The smallest absolute Gasteiger partial charge is 0.147 e. The summed E-state index contributed by atoms with van der Waals surface area (Å²) in [7, 11) is 0. The number of hydrogen-bond donors (Lipinski definition) is 0. The predicted molar refractivity (Wildman–Crippen MR) is 155 cm³/mol. The van der Waals surface area contributed by atoms with E-state index in [1.165, 1.54) is 116 Å². The van der Waals surface area contributed by atoms with Gasteiger partial charge in [-0.25, -0.2) is 0 Å². The van der Waals surface area contributed by atoms with Crippen molar-refractivity contribution in [3.05, 3.63) is 5.92 Å². The van der Waals surface area contributed by atoms with Crippen molar-refractivity contribution in [2.24, 2.45) is 0 Å². The highest BCUT2D eigenvalue weighted by Crippen LogP contribution is 2.21. The molecule has 0 unspecified atom stereocenters. The standard InChI is InChI=1S/C33H63O2/c1-4-7-10-12-14-16-17-18-19-21-23-25-27-30-33(35)31(28-9-6-3)32(34)29-26-24-22-20-15-13-11-8-5-2/h4-30H2,1-3H3. The van der Waals surface area contributed by atoms with E-state index >= 15 is 0 Å². The van der Waals surface area contributed by atoms with E-state index in [1.807, 2.05) is 0 Å². The van der Waals surface area contributed by atoms with E-state index < -0.39 is 0 Å². The number of Topliss-reactive ketones (excluding diaryl/α,β-unsaturated/α-hetero) is 2. The van der Waals surface area contributed by atoms with Crippen molar-refractivity contribution < 1.29 is 9.59 Å². The highest BCUT2D eigenvalue weighted by atomic mass is 16.1. The number of ketones is 2. The van der Waals surface area contributed by atoms with Gasteiger partial charge in [0.2, 0.25) is 0 Å². The zero-order chi connectivity index (χ0) is 25.8. The number of carbonyl (C=O) groups excluding carboxylic acids is 2. The first-order chi connectivity index (χ1) is 17.2. The molecule has 35 heavy (non-hydrogen) atoms. The average molecular weight is 492 g/mol. The molecular weight excluding hydrogens is 428 g/mol. The van der Waals surface area contributed by atoms with Crippen molar-refractivity contribution in [3.63, 3.8) is 0 Å². The van der Waals surface area contributed by atoms with Crippen molar-refractivity contribution in [2.75, 3.05) is 0 Å². The maximum Gasteiger partial charge on any atom is 0.147 e. The molecule has 0 heterocycles. The molecule has 0 aromatic rings. The molecule has 0 saturated carbocycles. The first-order valence-electron chi connectivity index (χ1n) is 16.1. The first-order valence-corrected chi connectivity index (χ1v) is 16.1. The topological polar surface area (TPSA) is 34.1 Å². The molecule has 0 aliphatic heterocycles. The van der Waals surface area contributed by atoms with Gasteiger partial charge in [-0.15, -0.1) is 0 Å². The van der Waals surface area contributed by atoms with Gasteiger partial charge in [-0.1, -0.05) is 162 Å². The van der Waals surface area contributed by atoms with E-state index in [-0.39, 0.29) is 11.6 Å². The second-order valence-electron chi connectivity index (χ2n) is 11.0. The van der Waals surface area contributed by atoms with Crippen molar-refractivity contribution >= 4 is 11.6 Å². The summed E-state index contributed by atoms with van der Waals surface area (Å²) in [5, 5.41) is 0. The van der Waals surface area contributed by atoms with Gasteiger partial charge in [0.1, 0.15) is 17.5 Å². The van der Waals surface area contributed by atoms with Gasteiger partial charge in [0.15, 0.2) is 0 Å². The lowest BCUT2D eigenvalue weighted by Gasteiger charge is -2.14. The number of rotatable bonds is 29. The van der Waals surface area contributed by atoms with Crippen LogP contribution in [0.15, 0.2) is 0 Å². The Bertz CT molecular complexity index is 456.